The maximum atomic E-state index is 12.5. The number of benzene rings is 2. The highest BCUT2D eigenvalue weighted by Crippen LogP contribution is 2.29. The first-order valence-electron chi connectivity index (χ1n) is 7.52. The number of hydrogen-bond acceptors (Lipinski definition) is 2. The summed E-state index contributed by atoms with van der Waals surface area (Å²) < 4.78 is 37.4. The topological polar surface area (TPSA) is 84.2 Å². The molecular weight excluding hydrogens is 347 g/mol. The summed E-state index contributed by atoms with van der Waals surface area (Å²) in [5.74, 6) is -0.404. The zero-order valence-corrected chi connectivity index (χ0v) is 13.5. The van der Waals surface area contributed by atoms with Crippen molar-refractivity contribution in [3.05, 3.63) is 71.3 Å². The Hall–Kier alpha value is -3.29. The summed E-state index contributed by atoms with van der Waals surface area (Å²) in [4.78, 5) is 22.6. The van der Waals surface area contributed by atoms with Crippen LogP contribution in [-0.4, -0.2) is 11.9 Å². The molecule has 5 nitrogen and oxygen atoms in total. The fourth-order valence-electron chi connectivity index (χ4n) is 2.10. The van der Waals surface area contributed by atoms with E-state index in [9.17, 15) is 22.8 Å². The molecule has 4 N–H and O–H groups in total. The lowest BCUT2D eigenvalue weighted by atomic mass is 10.1. The van der Waals surface area contributed by atoms with Crippen molar-refractivity contribution in [1.29, 1.82) is 0 Å². The van der Waals surface area contributed by atoms with Gasteiger partial charge in [-0.2, -0.15) is 13.2 Å². The van der Waals surface area contributed by atoms with Crippen molar-refractivity contribution in [2.45, 2.75) is 12.7 Å². The quantitative estimate of drug-likeness (QED) is 0.710. The molecule has 136 valence electrons. The van der Waals surface area contributed by atoms with E-state index in [0.29, 0.717) is 11.3 Å². The molecule has 0 aliphatic carbocycles. The first kappa shape index (κ1) is 19.0. The lowest BCUT2D eigenvalue weighted by Crippen LogP contribution is -2.21. The lowest BCUT2D eigenvalue weighted by molar-refractivity contribution is -0.137. The molecule has 0 aliphatic rings. The van der Waals surface area contributed by atoms with Gasteiger partial charge in [-0.1, -0.05) is 24.3 Å². The van der Waals surface area contributed by atoms with Crippen LogP contribution in [0, 0.1) is 0 Å². The van der Waals surface area contributed by atoms with Crippen LogP contribution in [0.25, 0.3) is 6.08 Å². The van der Waals surface area contributed by atoms with Crippen LogP contribution in [0.2, 0.25) is 0 Å². The second-order valence-electron chi connectivity index (χ2n) is 5.36. The SMILES string of the molecule is NC(=O)Nc1cccc(CNC(=O)C=Cc2ccc(C(F)(F)F)cc2)c1. The summed E-state index contributed by atoms with van der Waals surface area (Å²) in [5.41, 5.74) is 6.01. The van der Waals surface area contributed by atoms with Crippen molar-refractivity contribution in [1.82, 2.24) is 5.32 Å². The van der Waals surface area contributed by atoms with Gasteiger partial charge in [0.05, 0.1) is 5.56 Å². The Labute approximate surface area is 147 Å². The van der Waals surface area contributed by atoms with Crippen LogP contribution >= 0.6 is 0 Å². The summed E-state index contributed by atoms with van der Waals surface area (Å²) >= 11 is 0. The van der Waals surface area contributed by atoms with Crippen LogP contribution in [0.5, 0.6) is 0 Å². The Morgan fingerprint density at radius 1 is 1.08 bits per heavy atom. The number of primary amides is 1. The molecule has 0 bridgehead atoms. The molecule has 0 aliphatic heterocycles. The van der Waals surface area contributed by atoms with Crippen molar-refractivity contribution in [3.8, 4) is 0 Å². The van der Waals surface area contributed by atoms with Crippen molar-refractivity contribution in [2.24, 2.45) is 5.73 Å². The lowest BCUT2D eigenvalue weighted by Gasteiger charge is -2.06. The minimum atomic E-state index is -4.39. The summed E-state index contributed by atoms with van der Waals surface area (Å²) in [7, 11) is 0. The minimum absolute atomic E-state index is 0.213. The number of nitrogens with one attached hydrogen (secondary N) is 2. The van der Waals surface area contributed by atoms with Gasteiger partial charge in [0.1, 0.15) is 0 Å². The van der Waals surface area contributed by atoms with Crippen LogP contribution in [0.4, 0.5) is 23.7 Å². The first-order valence-corrected chi connectivity index (χ1v) is 7.52. The highest BCUT2D eigenvalue weighted by atomic mass is 19.4. The van der Waals surface area contributed by atoms with E-state index >= 15 is 0 Å². The molecule has 0 saturated heterocycles. The first-order chi connectivity index (χ1) is 12.2. The minimum Gasteiger partial charge on any atom is -0.351 e. The van der Waals surface area contributed by atoms with Gasteiger partial charge in [0.25, 0.3) is 0 Å². The standard InChI is InChI=1S/C18H16F3N3O2/c19-18(20,21)14-7-4-12(5-8-14)6-9-16(25)23-11-13-2-1-3-15(10-13)24-17(22)26/h1-10H,11H2,(H,23,25)(H3,22,24,26). The van der Waals surface area contributed by atoms with Gasteiger partial charge in [0.15, 0.2) is 0 Å². The maximum Gasteiger partial charge on any atom is 0.416 e. The average molecular weight is 363 g/mol. The van der Waals surface area contributed by atoms with E-state index in [1.807, 2.05) is 0 Å². The number of nitrogens with two attached hydrogens (primary N) is 1. The Kier molecular flexibility index (Phi) is 6.00. The highest BCUT2D eigenvalue weighted by molar-refractivity contribution is 5.91. The number of carbonyl (C=O) groups is 2. The smallest absolute Gasteiger partial charge is 0.351 e. The second kappa shape index (κ2) is 8.19. The Morgan fingerprint density at radius 3 is 2.38 bits per heavy atom. The molecule has 0 aromatic heterocycles. The molecule has 2 aromatic rings. The number of amides is 3. The number of anilines is 1. The predicted molar refractivity (Wildman–Crippen MR) is 92.0 cm³/mol. The Morgan fingerprint density at radius 2 is 1.77 bits per heavy atom. The normalized spacial score (nSPS) is 11.3. The van der Waals surface area contributed by atoms with E-state index in [1.54, 1.807) is 24.3 Å². The van der Waals surface area contributed by atoms with E-state index in [2.05, 4.69) is 10.6 Å². The number of rotatable bonds is 5. The number of urea groups is 1. The number of carbonyl (C=O) groups excluding carboxylic acids is 2. The van der Waals surface area contributed by atoms with Gasteiger partial charge in [-0.25, -0.2) is 4.79 Å². The summed E-state index contributed by atoms with van der Waals surface area (Å²) in [6.45, 7) is 0.213. The summed E-state index contributed by atoms with van der Waals surface area (Å²) in [6, 6.07) is 10.5. The molecule has 0 spiro atoms. The van der Waals surface area contributed by atoms with Crippen LogP contribution in [0.1, 0.15) is 16.7 Å². The predicted octanol–water partition coefficient (Wildman–Crippen LogP) is 3.53. The van der Waals surface area contributed by atoms with E-state index < -0.39 is 23.7 Å². The number of hydrogen-bond donors (Lipinski definition) is 3. The van der Waals surface area contributed by atoms with E-state index in [-0.39, 0.29) is 6.54 Å². The van der Waals surface area contributed by atoms with E-state index in [4.69, 9.17) is 5.73 Å². The van der Waals surface area contributed by atoms with E-state index in [0.717, 1.165) is 17.7 Å². The number of halogens is 3. The van der Waals surface area contributed by atoms with Gasteiger partial charge < -0.3 is 16.4 Å². The fraction of sp³-hybridized carbons (Fsp3) is 0.111. The van der Waals surface area contributed by atoms with Gasteiger partial charge >= 0.3 is 12.2 Å². The molecule has 2 rings (SSSR count). The van der Waals surface area contributed by atoms with Crippen LogP contribution in [-0.2, 0) is 17.5 Å². The molecular formula is C18H16F3N3O2. The van der Waals surface area contributed by atoms with Crippen LogP contribution in [0.3, 0.4) is 0 Å². The third-order valence-electron chi connectivity index (χ3n) is 3.33. The Bertz CT molecular complexity index is 815. The second-order valence-corrected chi connectivity index (χ2v) is 5.36. The zero-order chi connectivity index (χ0) is 19.2. The van der Waals surface area contributed by atoms with Crippen molar-refractivity contribution >= 4 is 23.7 Å². The molecule has 0 fully saturated rings. The Balaban J connectivity index is 1.90. The number of alkyl halides is 3. The van der Waals surface area contributed by atoms with E-state index in [1.165, 1.54) is 24.3 Å². The molecule has 0 heterocycles. The molecule has 3 amide bonds. The molecule has 2 aromatic carbocycles. The van der Waals surface area contributed by atoms with Gasteiger partial charge in [0.2, 0.25) is 5.91 Å². The summed E-state index contributed by atoms with van der Waals surface area (Å²) in [5, 5.41) is 5.06. The van der Waals surface area contributed by atoms with Crippen molar-refractivity contribution < 1.29 is 22.8 Å². The fourth-order valence-corrected chi connectivity index (χ4v) is 2.10. The van der Waals surface area contributed by atoms with Gasteiger partial charge in [-0.15, -0.1) is 0 Å². The molecule has 26 heavy (non-hydrogen) atoms. The maximum absolute atomic E-state index is 12.5. The largest absolute Gasteiger partial charge is 0.416 e. The highest BCUT2D eigenvalue weighted by Gasteiger charge is 2.29. The van der Waals surface area contributed by atoms with Crippen molar-refractivity contribution in [3.63, 3.8) is 0 Å². The van der Waals surface area contributed by atoms with Gasteiger partial charge in [-0.05, 0) is 41.5 Å². The molecule has 0 radical (unpaired) electrons. The van der Waals surface area contributed by atoms with Crippen LogP contribution < -0.4 is 16.4 Å². The molecule has 0 unspecified atom stereocenters. The molecule has 0 saturated carbocycles. The summed E-state index contributed by atoms with van der Waals surface area (Å²) in [6.07, 6.45) is -1.74. The third kappa shape index (κ3) is 5.97. The average Bonchev–Trinajstić information content (AvgIpc) is 2.57. The monoisotopic (exact) mass is 363 g/mol. The van der Waals surface area contributed by atoms with Gasteiger partial charge in [-0.3, -0.25) is 4.79 Å². The molecule has 8 heteroatoms. The van der Waals surface area contributed by atoms with Gasteiger partial charge in [0, 0.05) is 18.3 Å². The third-order valence-corrected chi connectivity index (χ3v) is 3.33. The van der Waals surface area contributed by atoms with Crippen molar-refractivity contribution in [2.75, 3.05) is 5.32 Å². The molecule has 0 atom stereocenters. The zero-order valence-electron chi connectivity index (χ0n) is 13.5. The van der Waals surface area contributed by atoms with Crippen LogP contribution in [0.15, 0.2) is 54.6 Å².